The van der Waals surface area contributed by atoms with Crippen molar-refractivity contribution in [3.63, 3.8) is 0 Å². The number of ether oxygens (including phenoxy) is 1. The number of esters is 1. The molecule has 0 aliphatic heterocycles. The number of rotatable bonds is 2. The number of carbonyl (C=O) groups excluding carboxylic acids is 1. The fourth-order valence-corrected chi connectivity index (χ4v) is 1.48. The van der Waals surface area contributed by atoms with Crippen LogP contribution in [0.2, 0.25) is 0 Å². The number of carboxylic acids is 1. The number of pyridine rings is 1. The van der Waals surface area contributed by atoms with Crippen LogP contribution in [0.1, 0.15) is 32.1 Å². The van der Waals surface area contributed by atoms with Crippen molar-refractivity contribution in [3.8, 4) is 0 Å². The number of H-pyrrole nitrogens is 1. The first-order valence-corrected chi connectivity index (χ1v) is 4.45. The molecule has 0 saturated heterocycles. The Morgan fingerprint density at radius 3 is 2.12 bits per heavy atom. The van der Waals surface area contributed by atoms with Gasteiger partial charge in [-0.15, -0.1) is 0 Å². The Kier molecular flexibility index (Phi) is 3.12. The van der Waals surface area contributed by atoms with Crippen LogP contribution in [-0.4, -0.2) is 29.1 Å². The third-order valence-corrected chi connectivity index (χ3v) is 2.18. The summed E-state index contributed by atoms with van der Waals surface area (Å²) in [6.45, 7) is 2.96. The lowest BCUT2D eigenvalue weighted by Gasteiger charge is -2.07. The quantitative estimate of drug-likeness (QED) is 0.713. The summed E-state index contributed by atoms with van der Waals surface area (Å²) in [5, 5.41) is 8.84. The number of hydrogen-bond acceptors (Lipinski definition) is 4. The van der Waals surface area contributed by atoms with Gasteiger partial charge in [0.15, 0.2) is 0 Å². The van der Waals surface area contributed by atoms with Crippen molar-refractivity contribution in [1.82, 2.24) is 4.98 Å². The molecule has 2 N–H and O–H groups in total. The molecule has 16 heavy (non-hydrogen) atoms. The first-order chi connectivity index (χ1) is 7.40. The van der Waals surface area contributed by atoms with Gasteiger partial charge in [-0.3, -0.25) is 4.79 Å². The second-order valence-electron chi connectivity index (χ2n) is 3.25. The van der Waals surface area contributed by atoms with Crippen molar-refractivity contribution in [2.24, 2.45) is 0 Å². The summed E-state index contributed by atoms with van der Waals surface area (Å²) in [6.07, 6.45) is 0. The normalized spacial score (nSPS) is 9.94. The van der Waals surface area contributed by atoms with Gasteiger partial charge >= 0.3 is 11.9 Å². The lowest BCUT2D eigenvalue weighted by atomic mass is 10.1. The third kappa shape index (κ3) is 1.81. The standard InChI is InChI=1S/C10H11NO5/c1-4-6(9(13)14)8(12)7(5(2)11-4)10(15)16-3/h1-3H3,(H,11,12)(H,13,14). The van der Waals surface area contributed by atoms with Gasteiger partial charge in [0.2, 0.25) is 5.43 Å². The Morgan fingerprint density at radius 2 is 1.69 bits per heavy atom. The number of nitrogens with one attached hydrogen (secondary N) is 1. The predicted molar refractivity (Wildman–Crippen MR) is 54.8 cm³/mol. The second kappa shape index (κ2) is 4.18. The molecule has 0 aliphatic carbocycles. The van der Waals surface area contributed by atoms with Gasteiger partial charge in [-0.1, -0.05) is 0 Å². The van der Waals surface area contributed by atoms with E-state index < -0.39 is 22.9 Å². The summed E-state index contributed by atoms with van der Waals surface area (Å²) in [7, 11) is 1.13. The zero-order valence-electron chi connectivity index (χ0n) is 9.08. The predicted octanol–water partition coefficient (Wildman–Crippen LogP) is 0.477. The first kappa shape index (κ1) is 12.0. The summed E-state index contributed by atoms with van der Waals surface area (Å²) in [4.78, 5) is 36.6. The smallest absolute Gasteiger partial charge is 0.343 e. The Labute approximate surface area is 90.9 Å². The minimum absolute atomic E-state index is 0.211. The van der Waals surface area contributed by atoms with Crippen LogP contribution < -0.4 is 5.43 Å². The number of aromatic carboxylic acids is 1. The van der Waals surface area contributed by atoms with Crippen molar-refractivity contribution >= 4 is 11.9 Å². The Hall–Kier alpha value is -2.11. The van der Waals surface area contributed by atoms with Crippen LogP contribution in [0.3, 0.4) is 0 Å². The van der Waals surface area contributed by atoms with E-state index in [-0.39, 0.29) is 11.3 Å². The van der Waals surface area contributed by atoms with Crippen LogP contribution in [0.15, 0.2) is 4.79 Å². The van der Waals surface area contributed by atoms with E-state index in [9.17, 15) is 14.4 Å². The van der Waals surface area contributed by atoms with Gasteiger partial charge in [-0.25, -0.2) is 9.59 Å². The van der Waals surface area contributed by atoms with Crippen molar-refractivity contribution in [1.29, 1.82) is 0 Å². The van der Waals surface area contributed by atoms with Gasteiger partial charge in [0.25, 0.3) is 0 Å². The summed E-state index contributed by atoms with van der Waals surface area (Å²) >= 11 is 0. The van der Waals surface area contributed by atoms with E-state index in [1.165, 1.54) is 13.8 Å². The maximum atomic E-state index is 11.8. The van der Waals surface area contributed by atoms with Gasteiger partial charge < -0.3 is 14.8 Å². The molecule has 1 rings (SSSR count). The fourth-order valence-electron chi connectivity index (χ4n) is 1.48. The lowest BCUT2D eigenvalue weighted by Crippen LogP contribution is -2.26. The average Bonchev–Trinajstić information content (AvgIpc) is 2.15. The number of aryl methyl sites for hydroxylation is 2. The molecule has 0 aromatic carbocycles. The Morgan fingerprint density at radius 1 is 1.19 bits per heavy atom. The Bertz CT molecular complexity index is 515. The molecule has 0 bridgehead atoms. The Balaban J connectivity index is 3.65. The summed E-state index contributed by atoms with van der Waals surface area (Å²) < 4.78 is 4.42. The highest BCUT2D eigenvalue weighted by Crippen LogP contribution is 2.07. The molecule has 0 fully saturated rings. The molecule has 0 atom stereocenters. The van der Waals surface area contributed by atoms with E-state index in [1.807, 2.05) is 0 Å². The van der Waals surface area contributed by atoms with Crippen LogP contribution in [0.4, 0.5) is 0 Å². The number of methoxy groups -OCH3 is 1. The van der Waals surface area contributed by atoms with Gasteiger partial charge in [-0.2, -0.15) is 0 Å². The molecule has 0 amide bonds. The van der Waals surface area contributed by atoms with Crippen LogP contribution in [0, 0.1) is 13.8 Å². The van der Waals surface area contributed by atoms with E-state index in [1.54, 1.807) is 0 Å². The second-order valence-corrected chi connectivity index (χ2v) is 3.25. The van der Waals surface area contributed by atoms with E-state index in [4.69, 9.17) is 5.11 Å². The molecule has 1 aromatic rings. The molecule has 0 saturated carbocycles. The maximum Gasteiger partial charge on any atom is 0.343 e. The average molecular weight is 225 g/mol. The molecular weight excluding hydrogens is 214 g/mol. The van der Waals surface area contributed by atoms with Gasteiger partial charge in [0.05, 0.1) is 7.11 Å². The zero-order chi connectivity index (χ0) is 12.5. The number of carbonyl (C=O) groups is 2. The monoisotopic (exact) mass is 225 g/mol. The number of aromatic amines is 1. The van der Waals surface area contributed by atoms with E-state index in [0.29, 0.717) is 5.69 Å². The van der Waals surface area contributed by atoms with Crippen molar-refractivity contribution in [2.45, 2.75) is 13.8 Å². The SMILES string of the molecule is COC(=O)c1c(C)[nH]c(C)c(C(=O)O)c1=O. The van der Waals surface area contributed by atoms with E-state index in [2.05, 4.69) is 9.72 Å². The van der Waals surface area contributed by atoms with Crippen LogP contribution in [-0.2, 0) is 4.74 Å². The summed E-state index contributed by atoms with van der Waals surface area (Å²) in [5.41, 5.74) is -1.04. The number of aromatic nitrogens is 1. The molecule has 1 aromatic heterocycles. The highest BCUT2D eigenvalue weighted by Gasteiger charge is 2.22. The van der Waals surface area contributed by atoms with Crippen molar-refractivity contribution < 1.29 is 19.4 Å². The zero-order valence-corrected chi connectivity index (χ0v) is 9.08. The largest absolute Gasteiger partial charge is 0.477 e. The molecule has 0 radical (unpaired) electrons. The topological polar surface area (TPSA) is 96.5 Å². The molecule has 1 heterocycles. The van der Waals surface area contributed by atoms with E-state index in [0.717, 1.165) is 7.11 Å². The number of hydrogen-bond donors (Lipinski definition) is 2. The highest BCUT2D eigenvalue weighted by molar-refractivity contribution is 5.95. The molecular formula is C10H11NO5. The first-order valence-electron chi connectivity index (χ1n) is 4.45. The summed E-state index contributed by atoms with van der Waals surface area (Å²) in [5.74, 6) is -2.22. The fraction of sp³-hybridized carbons (Fsp3) is 0.300. The molecule has 0 aliphatic rings. The van der Waals surface area contributed by atoms with Crippen LogP contribution in [0.25, 0.3) is 0 Å². The van der Waals surface area contributed by atoms with Crippen LogP contribution in [0.5, 0.6) is 0 Å². The maximum absolute atomic E-state index is 11.8. The van der Waals surface area contributed by atoms with E-state index >= 15 is 0 Å². The highest BCUT2D eigenvalue weighted by atomic mass is 16.5. The van der Waals surface area contributed by atoms with Gasteiger partial charge in [-0.05, 0) is 13.8 Å². The third-order valence-electron chi connectivity index (χ3n) is 2.18. The molecule has 86 valence electrons. The molecule has 0 unspecified atom stereocenters. The van der Waals surface area contributed by atoms with Gasteiger partial charge in [0, 0.05) is 11.4 Å². The minimum Gasteiger partial charge on any atom is -0.477 e. The lowest BCUT2D eigenvalue weighted by molar-refractivity contribution is 0.0598. The van der Waals surface area contributed by atoms with Gasteiger partial charge in [0.1, 0.15) is 11.1 Å². The van der Waals surface area contributed by atoms with Crippen LogP contribution >= 0.6 is 0 Å². The minimum atomic E-state index is -1.37. The molecule has 0 spiro atoms. The number of carboxylic acid groups (broad SMARTS) is 1. The summed E-state index contributed by atoms with van der Waals surface area (Å²) in [6, 6.07) is 0. The van der Waals surface area contributed by atoms with Crippen molar-refractivity contribution in [2.75, 3.05) is 7.11 Å². The van der Waals surface area contributed by atoms with Crippen molar-refractivity contribution in [3.05, 3.63) is 32.7 Å². The molecule has 6 heteroatoms. The molecule has 6 nitrogen and oxygen atoms in total.